The maximum absolute atomic E-state index is 12.2. The lowest BCUT2D eigenvalue weighted by molar-refractivity contribution is -0.143. The molecule has 1 unspecified atom stereocenters. The normalized spacial score (nSPS) is 20.6. The van der Waals surface area contributed by atoms with Crippen LogP contribution in [0.4, 0.5) is 0 Å². The number of ether oxygens (including phenoxy) is 1. The number of carbonyl (C=O) groups excluding carboxylic acids is 1. The fourth-order valence-electron chi connectivity index (χ4n) is 2.41. The summed E-state index contributed by atoms with van der Waals surface area (Å²) in [4.78, 5) is 14.1. The standard InChI is InChI=1S/C15H20N2O4S/c1-11-7-9-12(10-8-11)22(19,20)17-16-14-6-4-3-5-13(14)15(18)21-2/h7-10,13,17H,3-6H2,1-2H3. The highest BCUT2D eigenvalue weighted by atomic mass is 32.2. The molecular formula is C15H20N2O4S. The quantitative estimate of drug-likeness (QED) is 0.678. The lowest BCUT2D eigenvalue weighted by atomic mass is 9.87. The number of esters is 1. The predicted molar refractivity (Wildman–Crippen MR) is 82.9 cm³/mol. The molecule has 0 amide bonds. The molecule has 0 spiro atoms. The third kappa shape index (κ3) is 3.85. The number of methoxy groups -OCH3 is 1. The van der Waals surface area contributed by atoms with E-state index in [1.165, 1.54) is 19.2 Å². The molecule has 1 aliphatic rings. The first-order valence-corrected chi connectivity index (χ1v) is 8.65. The average molecular weight is 324 g/mol. The summed E-state index contributed by atoms with van der Waals surface area (Å²) in [5.41, 5.74) is 1.51. The molecule has 2 rings (SSSR count). The molecule has 0 heterocycles. The van der Waals surface area contributed by atoms with E-state index in [0.29, 0.717) is 18.6 Å². The molecule has 1 N–H and O–H groups in total. The van der Waals surface area contributed by atoms with Gasteiger partial charge in [-0.2, -0.15) is 13.5 Å². The Kier molecular flexibility index (Phi) is 5.18. The number of sulfonamides is 1. The minimum Gasteiger partial charge on any atom is -0.469 e. The van der Waals surface area contributed by atoms with Gasteiger partial charge in [-0.3, -0.25) is 4.79 Å². The number of hydrogen-bond acceptors (Lipinski definition) is 5. The largest absolute Gasteiger partial charge is 0.469 e. The molecular weight excluding hydrogens is 304 g/mol. The molecule has 0 saturated heterocycles. The Morgan fingerprint density at radius 1 is 1.27 bits per heavy atom. The summed E-state index contributed by atoms with van der Waals surface area (Å²) < 4.78 is 29.1. The van der Waals surface area contributed by atoms with Crippen LogP contribution in [0, 0.1) is 12.8 Å². The van der Waals surface area contributed by atoms with E-state index in [4.69, 9.17) is 4.74 Å². The second kappa shape index (κ2) is 6.91. The Labute approximate surface area is 130 Å². The zero-order valence-corrected chi connectivity index (χ0v) is 13.5. The Morgan fingerprint density at radius 3 is 2.59 bits per heavy atom. The van der Waals surface area contributed by atoms with Crippen molar-refractivity contribution in [3.8, 4) is 0 Å². The summed E-state index contributed by atoms with van der Waals surface area (Å²) in [5.74, 6) is -0.826. The van der Waals surface area contributed by atoms with E-state index in [0.717, 1.165) is 18.4 Å². The highest BCUT2D eigenvalue weighted by molar-refractivity contribution is 7.89. The van der Waals surface area contributed by atoms with E-state index in [1.807, 2.05) is 6.92 Å². The van der Waals surface area contributed by atoms with E-state index in [-0.39, 0.29) is 10.9 Å². The molecule has 1 aromatic carbocycles. The van der Waals surface area contributed by atoms with Gasteiger partial charge in [0.2, 0.25) is 0 Å². The van der Waals surface area contributed by atoms with Crippen molar-refractivity contribution in [2.24, 2.45) is 11.0 Å². The van der Waals surface area contributed by atoms with Crippen LogP contribution in [-0.4, -0.2) is 27.2 Å². The number of hydrazone groups is 1. The van der Waals surface area contributed by atoms with Crippen molar-refractivity contribution in [2.45, 2.75) is 37.5 Å². The molecule has 22 heavy (non-hydrogen) atoms. The van der Waals surface area contributed by atoms with E-state index in [2.05, 4.69) is 9.93 Å². The number of rotatable bonds is 4. The molecule has 1 fully saturated rings. The van der Waals surface area contributed by atoms with Gasteiger partial charge < -0.3 is 4.74 Å². The van der Waals surface area contributed by atoms with Gasteiger partial charge in [-0.1, -0.05) is 24.1 Å². The first kappa shape index (κ1) is 16.5. The summed E-state index contributed by atoms with van der Waals surface area (Å²) in [6.07, 6.45) is 3.02. The van der Waals surface area contributed by atoms with E-state index in [9.17, 15) is 13.2 Å². The Morgan fingerprint density at radius 2 is 1.95 bits per heavy atom. The SMILES string of the molecule is COC(=O)C1CCCCC1=NNS(=O)(=O)c1ccc(C)cc1. The van der Waals surface area contributed by atoms with Crippen molar-refractivity contribution >= 4 is 21.7 Å². The molecule has 0 bridgehead atoms. The van der Waals surface area contributed by atoms with Gasteiger partial charge in [-0.15, -0.1) is 0 Å². The monoisotopic (exact) mass is 324 g/mol. The predicted octanol–water partition coefficient (Wildman–Crippen LogP) is 1.99. The van der Waals surface area contributed by atoms with Crippen LogP contribution in [0.2, 0.25) is 0 Å². The highest BCUT2D eigenvalue weighted by Crippen LogP contribution is 2.23. The van der Waals surface area contributed by atoms with E-state index >= 15 is 0 Å². The van der Waals surface area contributed by atoms with Gasteiger partial charge in [-0.25, -0.2) is 4.83 Å². The Hall–Kier alpha value is -1.89. The molecule has 7 heteroatoms. The van der Waals surface area contributed by atoms with E-state index < -0.39 is 15.9 Å². The molecule has 1 aliphatic carbocycles. The third-order valence-corrected chi connectivity index (χ3v) is 4.93. The van der Waals surface area contributed by atoms with Gasteiger partial charge in [0.1, 0.15) is 0 Å². The number of carbonyl (C=O) groups is 1. The summed E-state index contributed by atoms with van der Waals surface area (Å²) in [7, 11) is -2.40. The first-order chi connectivity index (χ1) is 10.4. The van der Waals surface area contributed by atoms with Gasteiger partial charge in [0.25, 0.3) is 10.0 Å². The molecule has 0 radical (unpaired) electrons. The molecule has 1 aromatic rings. The summed E-state index contributed by atoms with van der Waals surface area (Å²) in [5, 5.41) is 3.98. The van der Waals surface area contributed by atoms with Crippen molar-refractivity contribution in [1.29, 1.82) is 0 Å². The van der Waals surface area contributed by atoms with Crippen molar-refractivity contribution in [1.82, 2.24) is 4.83 Å². The topological polar surface area (TPSA) is 84.8 Å². The number of aryl methyl sites for hydroxylation is 1. The molecule has 0 aliphatic heterocycles. The lowest BCUT2D eigenvalue weighted by Gasteiger charge is -2.21. The van der Waals surface area contributed by atoms with Gasteiger partial charge in [0, 0.05) is 0 Å². The lowest BCUT2D eigenvalue weighted by Crippen LogP contribution is -2.31. The highest BCUT2D eigenvalue weighted by Gasteiger charge is 2.28. The van der Waals surface area contributed by atoms with Crippen molar-refractivity contribution in [3.05, 3.63) is 29.8 Å². The fourth-order valence-corrected chi connectivity index (χ4v) is 3.25. The number of nitrogens with one attached hydrogen (secondary N) is 1. The third-order valence-electron chi connectivity index (χ3n) is 3.70. The van der Waals surface area contributed by atoms with E-state index in [1.54, 1.807) is 12.1 Å². The fraction of sp³-hybridized carbons (Fsp3) is 0.467. The van der Waals surface area contributed by atoms with Gasteiger partial charge in [-0.05, 0) is 38.3 Å². The van der Waals surface area contributed by atoms with Crippen LogP contribution in [0.1, 0.15) is 31.2 Å². The molecule has 1 saturated carbocycles. The summed E-state index contributed by atoms with van der Waals surface area (Å²) in [6, 6.07) is 6.49. The van der Waals surface area contributed by atoms with Crippen molar-refractivity contribution in [2.75, 3.05) is 7.11 Å². The first-order valence-electron chi connectivity index (χ1n) is 7.17. The molecule has 0 aromatic heterocycles. The summed E-state index contributed by atoms with van der Waals surface area (Å²) >= 11 is 0. The van der Waals surface area contributed by atoms with Crippen molar-refractivity contribution < 1.29 is 17.9 Å². The minimum absolute atomic E-state index is 0.146. The molecule has 120 valence electrons. The van der Waals surface area contributed by atoms with Gasteiger partial charge in [0.05, 0.1) is 23.6 Å². The Bertz CT molecular complexity index is 665. The number of hydrogen-bond donors (Lipinski definition) is 1. The van der Waals surface area contributed by atoms with Crippen LogP contribution < -0.4 is 4.83 Å². The number of benzene rings is 1. The van der Waals surface area contributed by atoms with Crippen LogP contribution in [0.25, 0.3) is 0 Å². The van der Waals surface area contributed by atoms with Gasteiger partial charge >= 0.3 is 5.97 Å². The summed E-state index contributed by atoms with van der Waals surface area (Å²) in [6.45, 7) is 1.88. The Balaban J connectivity index is 2.17. The van der Waals surface area contributed by atoms with Crippen LogP contribution in [0.15, 0.2) is 34.3 Å². The molecule has 6 nitrogen and oxygen atoms in total. The van der Waals surface area contributed by atoms with Crippen LogP contribution in [0.5, 0.6) is 0 Å². The maximum Gasteiger partial charge on any atom is 0.314 e. The molecule has 1 atom stereocenters. The number of nitrogens with zero attached hydrogens (tertiary/aromatic N) is 1. The average Bonchev–Trinajstić information content (AvgIpc) is 2.53. The zero-order valence-electron chi connectivity index (χ0n) is 12.7. The maximum atomic E-state index is 12.2. The smallest absolute Gasteiger partial charge is 0.314 e. The second-order valence-electron chi connectivity index (χ2n) is 5.33. The minimum atomic E-state index is -3.72. The second-order valence-corrected chi connectivity index (χ2v) is 6.99. The van der Waals surface area contributed by atoms with Crippen molar-refractivity contribution in [3.63, 3.8) is 0 Å². The zero-order chi connectivity index (χ0) is 16.2. The van der Waals surface area contributed by atoms with Crippen LogP contribution in [0.3, 0.4) is 0 Å². The van der Waals surface area contributed by atoms with Crippen LogP contribution >= 0.6 is 0 Å². The van der Waals surface area contributed by atoms with Crippen LogP contribution in [-0.2, 0) is 19.6 Å². The van der Waals surface area contributed by atoms with Gasteiger partial charge in [0.15, 0.2) is 0 Å².